The lowest BCUT2D eigenvalue weighted by Crippen LogP contribution is -2.24. The second-order valence-corrected chi connectivity index (χ2v) is 7.88. The Labute approximate surface area is 172 Å². The van der Waals surface area contributed by atoms with Gasteiger partial charge in [0.2, 0.25) is 0 Å². The molecule has 0 spiro atoms. The molecule has 2 heterocycles. The van der Waals surface area contributed by atoms with Crippen LogP contribution in [-0.2, 0) is 9.47 Å². The molecule has 0 amide bonds. The van der Waals surface area contributed by atoms with E-state index in [0.29, 0.717) is 0 Å². The first kappa shape index (κ1) is 19.6. The van der Waals surface area contributed by atoms with Crippen LogP contribution in [0.25, 0.3) is 0 Å². The van der Waals surface area contributed by atoms with Crippen LogP contribution in [0.5, 0.6) is 11.5 Å². The summed E-state index contributed by atoms with van der Waals surface area (Å²) in [5.41, 5.74) is 2.26. The summed E-state index contributed by atoms with van der Waals surface area (Å²) in [6.07, 6.45) is 6.24. The Morgan fingerprint density at radius 3 is 1.46 bits per heavy atom. The van der Waals surface area contributed by atoms with Gasteiger partial charge >= 0.3 is 0 Å². The van der Waals surface area contributed by atoms with Gasteiger partial charge in [-0.25, -0.2) is 0 Å². The molecule has 5 heteroatoms. The van der Waals surface area contributed by atoms with Crippen LogP contribution in [0.2, 0.25) is 0 Å². The van der Waals surface area contributed by atoms with Crippen LogP contribution in [0.4, 0.5) is 0 Å². The summed E-state index contributed by atoms with van der Waals surface area (Å²) in [6, 6.07) is 16.2. The largest absolute Gasteiger partial charge is 0.465 e. The molecule has 4 nitrogen and oxygen atoms in total. The summed E-state index contributed by atoms with van der Waals surface area (Å²) >= 11 is 4.81. The van der Waals surface area contributed by atoms with Crippen LogP contribution in [-0.4, -0.2) is 25.8 Å². The maximum absolute atomic E-state index is 5.91. The number of ether oxygens (including phenoxy) is 4. The van der Waals surface area contributed by atoms with Crippen LogP contribution >= 0.6 is 12.6 Å². The Kier molecular flexibility index (Phi) is 6.78. The molecule has 0 bridgehead atoms. The molecular formula is C23H28O4S. The van der Waals surface area contributed by atoms with E-state index in [9.17, 15) is 0 Å². The highest BCUT2D eigenvalue weighted by Crippen LogP contribution is 2.31. The highest BCUT2D eigenvalue weighted by atomic mass is 32.1. The molecule has 2 aromatic carbocycles. The molecule has 28 heavy (non-hydrogen) atoms. The number of thiol groups is 1. The Morgan fingerprint density at radius 2 is 1.11 bits per heavy atom. The Morgan fingerprint density at radius 1 is 0.679 bits per heavy atom. The van der Waals surface area contributed by atoms with Crippen LogP contribution in [0.15, 0.2) is 48.5 Å². The predicted octanol–water partition coefficient (Wildman–Crippen LogP) is 5.52. The molecule has 2 aromatic rings. The van der Waals surface area contributed by atoms with Crippen LogP contribution in [0.3, 0.4) is 0 Å². The summed E-state index contributed by atoms with van der Waals surface area (Å²) in [5, 5.41) is -0.0000360. The number of hydrogen-bond acceptors (Lipinski definition) is 5. The maximum Gasteiger partial charge on any atom is 0.199 e. The zero-order valence-electron chi connectivity index (χ0n) is 16.1. The first-order valence-electron chi connectivity index (χ1n) is 10.2. The van der Waals surface area contributed by atoms with Crippen LogP contribution in [0, 0.1) is 0 Å². The number of benzene rings is 2. The highest BCUT2D eigenvalue weighted by molar-refractivity contribution is 7.80. The van der Waals surface area contributed by atoms with Gasteiger partial charge in [-0.3, -0.25) is 0 Å². The first-order valence-corrected chi connectivity index (χ1v) is 10.7. The van der Waals surface area contributed by atoms with Crippen molar-refractivity contribution in [2.75, 3.05) is 13.2 Å². The van der Waals surface area contributed by atoms with Gasteiger partial charge in [-0.1, -0.05) is 24.3 Å². The van der Waals surface area contributed by atoms with Crippen molar-refractivity contribution in [1.82, 2.24) is 0 Å². The minimum atomic E-state index is -0.118. The standard InChI is InChI=1S/C23H28O4S/c28-23(17-7-11-19(12-8-17)26-21-5-1-3-15-24-21)18-9-13-20(14-10-18)27-22-6-2-4-16-25-22/h7-14,21-23,28H,1-6,15-16H2. The molecule has 2 aliphatic rings. The third kappa shape index (κ3) is 5.22. The van der Waals surface area contributed by atoms with Crippen molar-refractivity contribution in [3.63, 3.8) is 0 Å². The van der Waals surface area contributed by atoms with Gasteiger partial charge in [0.05, 0.1) is 18.5 Å². The summed E-state index contributed by atoms with van der Waals surface area (Å²) in [6.45, 7) is 1.57. The van der Waals surface area contributed by atoms with E-state index in [4.69, 9.17) is 31.6 Å². The smallest absolute Gasteiger partial charge is 0.199 e. The maximum atomic E-state index is 5.91. The van der Waals surface area contributed by atoms with Crippen LogP contribution < -0.4 is 9.47 Å². The molecule has 0 radical (unpaired) electrons. The van der Waals surface area contributed by atoms with Gasteiger partial charge < -0.3 is 18.9 Å². The normalized spacial score (nSPS) is 23.8. The van der Waals surface area contributed by atoms with Crippen molar-refractivity contribution in [3.05, 3.63) is 59.7 Å². The third-order valence-electron chi connectivity index (χ3n) is 5.20. The molecule has 2 unspecified atom stereocenters. The molecule has 0 N–H and O–H groups in total. The van der Waals surface area contributed by atoms with Gasteiger partial charge in [-0.2, -0.15) is 12.6 Å². The number of hydrogen-bond donors (Lipinski definition) is 1. The fraction of sp³-hybridized carbons (Fsp3) is 0.478. The SMILES string of the molecule is SC(c1ccc(OC2CCCCO2)cc1)c1ccc(OC2CCCCO2)cc1. The van der Waals surface area contributed by atoms with E-state index < -0.39 is 0 Å². The second kappa shape index (κ2) is 9.68. The third-order valence-corrected chi connectivity index (χ3v) is 5.80. The van der Waals surface area contributed by atoms with Crippen molar-refractivity contribution in [3.8, 4) is 11.5 Å². The van der Waals surface area contributed by atoms with Gasteiger partial charge in [0.1, 0.15) is 11.5 Å². The first-order chi connectivity index (χ1) is 13.8. The topological polar surface area (TPSA) is 36.9 Å². The summed E-state index contributed by atoms with van der Waals surface area (Å²) in [7, 11) is 0. The van der Waals surface area contributed by atoms with Crippen molar-refractivity contribution >= 4 is 12.6 Å². The van der Waals surface area contributed by atoms with Gasteiger partial charge in [0.15, 0.2) is 12.6 Å². The van der Waals surface area contributed by atoms with E-state index >= 15 is 0 Å². The van der Waals surface area contributed by atoms with Crippen LogP contribution in [0.1, 0.15) is 54.9 Å². The van der Waals surface area contributed by atoms with E-state index in [1.165, 1.54) is 0 Å². The van der Waals surface area contributed by atoms with E-state index in [1.807, 2.05) is 24.3 Å². The lowest BCUT2D eigenvalue weighted by molar-refractivity contribution is -0.106. The van der Waals surface area contributed by atoms with Gasteiger partial charge in [-0.15, -0.1) is 0 Å². The Hall–Kier alpha value is -1.69. The van der Waals surface area contributed by atoms with Gasteiger partial charge in [-0.05, 0) is 61.1 Å². The number of rotatable bonds is 6. The summed E-state index contributed by atoms with van der Waals surface area (Å²) < 4.78 is 23.1. The lowest BCUT2D eigenvalue weighted by Gasteiger charge is -2.24. The van der Waals surface area contributed by atoms with E-state index in [0.717, 1.165) is 74.4 Å². The quantitative estimate of drug-likeness (QED) is 0.648. The summed E-state index contributed by atoms with van der Waals surface area (Å²) in [4.78, 5) is 0. The van der Waals surface area contributed by atoms with Crippen molar-refractivity contribution in [2.24, 2.45) is 0 Å². The van der Waals surface area contributed by atoms with Gasteiger partial charge in [0.25, 0.3) is 0 Å². The van der Waals surface area contributed by atoms with E-state index in [1.54, 1.807) is 0 Å². The fourth-order valence-corrected chi connectivity index (χ4v) is 3.91. The monoisotopic (exact) mass is 400 g/mol. The second-order valence-electron chi connectivity index (χ2n) is 7.37. The van der Waals surface area contributed by atoms with E-state index in [-0.39, 0.29) is 17.8 Å². The predicted molar refractivity (Wildman–Crippen MR) is 112 cm³/mol. The zero-order valence-corrected chi connectivity index (χ0v) is 17.0. The van der Waals surface area contributed by atoms with E-state index in [2.05, 4.69) is 24.3 Å². The average molecular weight is 401 g/mol. The molecule has 2 saturated heterocycles. The molecule has 150 valence electrons. The molecule has 0 saturated carbocycles. The minimum absolute atomic E-state index is 0.0000360. The Bertz CT molecular complexity index is 656. The molecule has 2 aliphatic heterocycles. The average Bonchev–Trinajstić information content (AvgIpc) is 2.76. The lowest BCUT2D eigenvalue weighted by atomic mass is 10.0. The molecule has 2 atom stereocenters. The highest BCUT2D eigenvalue weighted by Gasteiger charge is 2.17. The van der Waals surface area contributed by atoms with Crippen molar-refractivity contribution in [1.29, 1.82) is 0 Å². The Balaban J connectivity index is 1.34. The van der Waals surface area contributed by atoms with Crippen molar-refractivity contribution in [2.45, 2.75) is 56.4 Å². The molecule has 0 aliphatic carbocycles. The van der Waals surface area contributed by atoms with Crippen molar-refractivity contribution < 1.29 is 18.9 Å². The molecular weight excluding hydrogens is 372 g/mol. The fourth-order valence-electron chi connectivity index (χ4n) is 3.56. The molecule has 4 rings (SSSR count). The molecule has 0 aromatic heterocycles. The summed E-state index contributed by atoms with van der Waals surface area (Å²) in [5.74, 6) is 1.68. The molecule has 2 fully saturated rings. The minimum Gasteiger partial charge on any atom is -0.465 e. The zero-order chi connectivity index (χ0) is 19.2. The van der Waals surface area contributed by atoms with Gasteiger partial charge in [0, 0.05) is 12.8 Å².